The summed E-state index contributed by atoms with van der Waals surface area (Å²) in [5, 5.41) is 9.48. The summed E-state index contributed by atoms with van der Waals surface area (Å²) >= 11 is 0. The molecule has 20 heavy (non-hydrogen) atoms. The molecule has 1 aromatic carbocycles. The maximum atomic E-state index is 13.6. The molecule has 1 rings (SSSR count). The van der Waals surface area contributed by atoms with Crippen molar-refractivity contribution in [3.05, 3.63) is 35.4 Å². The zero-order valence-electron chi connectivity index (χ0n) is 10.2. The Labute approximate surface area is 110 Å². The molecule has 0 radical (unpaired) electrons. The SMILES string of the molecule is CCC(O)c1ccccc1C(F)(F)C(F)(F)C(F)(F)F. The highest BCUT2D eigenvalue weighted by Crippen LogP contribution is 2.53. The Morgan fingerprint density at radius 1 is 1.00 bits per heavy atom. The normalized spacial score (nSPS) is 15.2. The predicted octanol–water partition coefficient (Wildman–Crippen LogP) is 4.42. The van der Waals surface area contributed by atoms with E-state index in [9.17, 15) is 35.8 Å². The van der Waals surface area contributed by atoms with E-state index in [1.54, 1.807) is 0 Å². The Morgan fingerprint density at radius 3 is 1.95 bits per heavy atom. The third kappa shape index (κ3) is 2.61. The van der Waals surface area contributed by atoms with Crippen molar-refractivity contribution in [2.75, 3.05) is 0 Å². The van der Waals surface area contributed by atoms with E-state index >= 15 is 0 Å². The highest BCUT2D eigenvalue weighted by molar-refractivity contribution is 5.34. The molecule has 0 aliphatic heterocycles. The monoisotopic (exact) mass is 304 g/mol. The smallest absolute Gasteiger partial charge is 0.388 e. The highest BCUT2D eigenvalue weighted by atomic mass is 19.4. The minimum absolute atomic E-state index is 0.106. The van der Waals surface area contributed by atoms with Crippen LogP contribution in [0.3, 0.4) is 0 Å². The summed E-state index contributed by atoms with van der Waals surface area (Å²) in [7, 11) is 0. The van der Waals surface area contributed by atoms with E-state index in [2.05, 4.69) is 0 Å². The fourth-order valence-corrected chi connectivity index (χ4v) is 1.64. The maximum absolute atomic E-state index is 13.6. The second-order valence-electron chi connectivity index (χ2n) is 4.16. The maximum Gasteiger partial charge on any atom is 0.460 e. The Morgan fingerprint density at radius 2 is 1.50 bits per heavy atom. The van der Waals surface area contributed by atoms with E-state index in [1.165, 1.54) is 13.0 Å². The Kier molecular flexibility index (Phi) is 4.38. The summed E-state index contributed by atoms with van der Waals surface area (Å²) in [6, 6.07) is 3.42. The molecule has 0 fully saturated rings. The van der Waals surface area contributed by atoms with Gasteiger partial charge in [0.2, 0.25) is 0 Å². The molecule has 114 valence electrons. The summed E-state index contributed by atoms with van der Waals surface area (Å²) in [5.41, 5.74) is -2.18. The third-order valence-corrected chi connectivity index (χ3v) is 2.80. The van der Waals surface area contributed by atoms with E-state index < -0.39 is 35.3 Å². The summed E-state index contributed by atoms with van der Waals surface area (Å²) < 4.78 is 89.6. The van der Waals surface area contributed by atoms with Crippen LogP contribution in [-0.2, 0) is 5.92 Å². The lowest BCUT2D eigenvalue weighted by Gasteiger charge is -2.30. The van der Waals surface area contributed by atoms with Crippen LogP contribution in [0.5, 0.6) is 0 Å². The van der Waals surface area contributed by atoms with E-state index in [4.69, 9.17) is 0 Å². The standard InChI is InChI=1S/C12H11F7O/c1-2-9(20)7-5-3-4-6-8(7)10(13,14)11(15,16)12(17,18)19/h3-6,9,20H,2H2,1H3. The topological polar surface area (TPSA) is 20.2 Å². The molecule has 1 aromatic rings. The van der Waals surface area contributed by atoms with Gasteiger partial charge in [0, 0.05) is 5.56 Å². The van der Waals surface area contributed by atoms with Gasteiger partial charge in [0.25, 0.3) is 0 Å². The first kappa shape index (κ1) is 16.7. The summed E-state index contributed by atoms with van der Waals surface area (Å²) in [6.07, 6.45) is -8.06. The first-order chi connectivity index (χ1) is 8.96. The zero-order valence-corrected chi connectivity index (χ0v) is 10.2. The predicted molar refractivity (Wildman–Crippen MR) is 56.6 cm³/mol. The van der Waals surface area contributed by atoms with Gasteiger partial charge in [-0.1, -0.05) is 31.2 Å². The van der Waals surface area contributed by atoms with Crippen molar-refractivity contribution in [1.29, 1.82) is 0 Å². The van der Waals surface area contributed by atoms with Gasteiger partial charge in [-0.05, 0) is 12.0 Å². The lowest BCUT2D eigenvalue weighted by molar-refractivity contribution is -0.359. The van der Waals surface area contributed by atoms with Crippen LogP contribution < -0.4 is 0 Å². The van der Waals surface area contributed by atoms with Crippen LogP contribution in [-0.4, -0.2) is 17.2 Å². The second-order valence-corrected chi connectivity index (χ2v) is 4.16. The fourth-order valence-electron chi connectivity index (χ4n) is 1.64. The number of rotatable bonds is 4. The lowest BCUT2D eigenvalue weighted by atomic mass is 9.93. The van der Waals surface area contributed by atoms with E-state index in [0.29, 0.717) is 6.07 Å². The molecule has 1 atom stereocenters. The van der Waals surface area contributed by atoms with Gasteiger partial charge in [0.05, 0.1) is 6.10 Å². The van der Waals surface area contributed by atoms with Crippen molar-refractivity contribution in [1.82, 2.24) is 0 Å². The Bertz CT molecular complexity index is 467. The van der Waals surface area contributed by atoms with Gasteiger partial charge in [-0.25, -0.2) is 0 Å². The van der Waals surface area contributed by atoms with Crippen LogP contribution >= 0.6 is 0 Å². The molecule has 0 aliphatic carbocycles. The molecule has 0 saturated carbocycles. The molecule has 0 spiro atoms. The number of halogens is 7. The van der Waals surface area contributed by atoms with Gasteiger partial charge in [0.1, 0.15) is 0 Å². The van der Waals surface area contributed by atoms with Crippen molar-refractivity contribution in [2.45, 2.75) is 37.5 Å². The van der Waals surface area contributed by atoms with Crippen molar-refractivity contribution in [3.8, 4) is 0 Å². The molecule has 0 bridgehead atoms. The average Bonchev–Trinajstić information content (AvgIpc) is 2.36. The van der Waals surface area contributed by atoms with Crippen LogP contribution in [0, 0.1) is 0 Å². The molecule has 0 heterocycles. The average molecular weight is 304 g/mol. The lowest BCUT2D eigenvalue weighted by Crippen LogP contribution is -2.50. The van der Waals surface area contributed by atoms with Gasteiger partial charge >= 0.3 is 18.0 Å². The van der Waals surface area contributed by atoms with Crippen molar-refractivity contribution in [3.63, 3.8) is 0 Å². The highest BCUT2D eigenvalue weighted by Gasteiger charge is 2.73. The van der Waals surface area contributed by atoms with Crippen molar-refractivity contribution >= 4 is 0 Å². The minimum atomic E-state index is -6.40. The fraction of sp³-hybridized carbons (Fsp3) is 0.500. The third-order valence-electron chi connectivity index (χ3n) is 2.80. The number of aliphatic hydroxyl groups is 1. The number of hydrogen-bond acceptors (Lipinski definition) is 1. The Balaban J connectivity index is 3.43. The van der Waals surface area contributed by atoms with Crippen LogP contribution in [0.25, 0.3) is 0 Å². The summed E-state index contributed by atoms with van der Waals surface area (Å²) in [4.78, 5) is 0. The first-order valence-corrected chi connectivity index (χ1v) is 5.56. The zero-order chi connectivity index (χ0) is 15.8. The molecule has 8 heteroatoms. The van der Waals surface area contributed by atoms with Crippen LogP contribution in [0.2, 0.25) is 0 Å². The summed E-state index contributed by atoms with van der Waals surface area (Å²) in [6.45, 7) is 1.38. The first-order valence-electron chi connectivity index (χ1n) is 5.56. The van der Waals surface area contributed by atoms with Crippen LogP contribution in [0.15, 0.2) is 24.3 Å². The van der Waals surface area contributed by atoms with E-state index in [1.807, 2.05) is 0 Å². The molecular weight excluding hydrogens is 293 g/mol. The largest absolute Gasteiger partial charge is 0.460 e. The summed E-state index contributed by atoms with van der Waals surface area (Å²) in [5.74, 6) is -11.7. The van der Waals surface area contributed by atoms with Gasteiger partial charge in [-0.15, -0.1) is 0 Å². The van der Waals surface area contributed by atoms with Gasteiger partial charge in [-0.3, -0.25) is 0 Å². The number of benzene rings is 1. The van der Waals surface area contributed by atoms with Crippen molar-refractivity contribution < 1.29 is 35.8 Å². The minimum Gasteiger partial charge on any atom is -0.388 e. The molecule has 0 amide bonds. The molecule has 1 N–H and O–H groups in total. The molecule has 0 aliphatic rings. The Hall–Kier alpha value is -1.31. The molecule has 1 nitrogen and oxygen atoms in total. The van der Waals surface area contributed by atoms with Crippen LogP contribution in [0.4, 0.5) is 30.7 Å². The second kappa shape index (κ2) is 5.23. The van der Waals surface area contributed by atoms with E-state index in [-0.39, 0.29) is 6.42 Å². The molecular formula is C12H11F7O. The van der Waals surface area contributed by atoms with Gasteiger partial charge < -0.3 is 5.11 Å². The number of aliphatic hydroxyl groups excluding tert-OH is 1. The van der Waals surface area contributed by atoms with Crippen LogP contribution in [0.1, 0.15) is 30.6 Å². The number of alkyl halides is 7. The molecule has 0 aromatic heterocycles. The van der Waals surface area contributed by atoms with Gasteiger partial charge in [0.15, 0.2) is 0 Å². The van der Waals surface area contributed by atoms with Gasteiger partial charge in [-0.2, -0.15) is 30.7 Å². The number of hydrogen-bond donors (Lipinski definition) is 1. The molecule has 1 unspecified atom stereocenters. The van der Waals surface area contributed by atoms with E-state index in [0.717, 1.165) is 12.1 Å². The van der Waals surface area contributed by atoms with Crippen molar-refractivity contribution in [2.24, 2.45) is 0 Å². The molecule has 0 saturated heterocycles. The quantitative estimate of drug-likeness (QED) is 0.816.